The van der Waals surface area contributed by atoms with Gasteiger partial charge in [0.15, 0.2) is 0 Å². The van der Waals surface area contributed by atoms with Gasteiger partial charge in [-0.25, -0.2) is 4.98 Å². The molecule has 16 heavy (non-hydrogen) atoms. The second-order valence-electron chi connectivity index (χ2n) is 4.28. The summed E-state index contributed by atoms with van der Waals surface area (Å²) in [7, 11) is 0. The fraction of sp³-hybridized carbons (Fsp3) is 0.308. The van der Waals surface area contributed by atoms with Crippen LogP contribution in [0.5, 0.6) is 0 Å². The van der Waals surface area contributed by atoms with Gasteiger partial charge in [-0.05, 0) is 43.0 Å². The molecule has 0 radical (unpaired) electrons. The Morgan fingerprint density at radius 2 is 2.31 bits per heavy atom. The number of aliphatic hydroxyl groups excluding tert-OH is 1. The molecule has 1 atom stereocenters. The number of nitrogens with zero attached hydrogens (tertiary/aromatic N) is 2. The minimum Gasteiger partial charge on any atom is -0.388 e. The molecule has 0 saturated carbocycles. The van der Waals surface area contributed by atoms with Crippen LogP contribution in [0.2, 0.25) is 0 Å². The molecule has 0 saturated heterocycles. The lowest BCUT2D eigenvalue weighted by atomic mass is 10.1. The lowest BCUT2D eigenvalue weighted by Crippen LogP contribution is -1.97. The molecule has 0 fully saturated rings. The van der Waals surface area contributed by atoms with Crippen molar-refractivity contribution in [3.05, 3.63) is 47.5 Å². The first-order chi connectivity index (χ1) is 7.75. The van der Waals surface area contributed by atoms with Gasteiger partial charge in [0.2, 0.25) is 0 Å². The van der Waals surface area contributed by atoms with Crippen molar-refractivity contribution in [1.29, 1.82) is 0 Å². The number of aliphatic hydroxyl groups is 1. The Kier molecular flexibility index (Phi) is 2.07. The molecule has 2 aromatic rings. The van der Waals surface area contributed by atoms with Crippen molar-refractivity contribution in [3.8, 4) is 5.69 Å². The Morgan fingerprint density at radius 1 is 1.44 bits per heavy atom. The van der Waals surface area contributed by atoms with Gasteiger partial charge in [-0.1, -0.05) is 6.07 Å². The zero-order valence-corrected chi connectivity index (χ0v) is 9.22. The standard InChI is InChI=1S/C13H14N2O/c1-9-14-6-7-15(9)11-3-4-12-10(8-11)2-5-13(12)16/h3-4,6-8,13,16H,2,5H2,1H3. The van der Waals surface area contributed by atoms with E-state index in [2.05, 4.69) is 15.6 Å². The van der Waals surface area contributed by atoms with Crippen LogP contribution in [0.15, 0.2) is 30.6 Å². The average Bonchev–Trinajstić information content (AvgIpc) is 2.86. The summed E-state index contributed by atoms with van der Waals surface area (Å²) in [6.45, 7) is 1.99. The van der Waals surface area contributed by atoms with Crippen LogP contribution in [-0.4, -0.2) is 14.7 Å². The molecule has 0 amide bonds. The van der Waals surface area contributed by atoms with Gasteiger partial charge in [0, 0.05) is 18.1 Å². The molecule has 3 rings (SSSR count). The molecular weight excluding hydrogens is 200 g/mol. The third-order valence-electron chi connectivity index (χ3n) is 3.28. The lowest BCUT2D eigenvalue weighted by Gasteiger charge is -2.08. The van der Waals surface area contributed by atoms with Gasteiger partial charge in [-0.15, -0.1) is 0 Å². The number of aryl methyl sites for hydroxylation is 2. The number of benzene rings is 1. The molecule has 1 aliphatic carbocycles. The normalized spacial score (nSPS) is 18.8. The van der Waals surface area contributed by atoms with Gasteiger partial charge < -0.3 is 9.67 Å². The molecular formula is C13H14N2O. The predicted octanol–water partition coefficient (Wildman–Crippen LogP) is 2.16. The third kappa shape index (κ3) is 1.36. The molecule has 1 aliphatic rings. The molecule has 3 heteroatoms. The van der Waals surface area contributed by atoms with Crippen molar-refractivity contribution < 1.29 is 5.11 Å². The first-order valence-corrected chi connectivity index (χ1v) is 5.57. The molecule has 1 aromatic heterocycles. The smallest absolute Gasteiger partial charge is 0.110 e. The molecule has 1 heterocycles. The van der Waals surface area contributed by atoms with Crippen LogP contribution in [0.4, 0.5) is 0 Å². The monoisotopic (exact) mass is 214 g/mol. The van der Waals surface area contributed by atoms with Gasteiger partial charge in [0.25, 0.3) is 0 Å². The molecule has 3 nitrogen and oxygen atoms in total. The topological polar surface area (TPSA) is 38.0 Å². The van der Waals surface area contributed by atoms with E-state index in [4.69, 9.17) is 0 Å². The van der Waals surface area contributed by atoms with E-state index in [-0.39, 0.29) is 6.10 Å². The van der Waals surface area contributed by atoms with Crippen molar-refractivity contribution in [2.24, 2.45) is 0 Å². The van der Waals surface area contributed by atoms with Crippen molar-refractivity contribution in [1.82, 2.24) is 9.55 Å². The summed E-state index contributed by atoms with van der Waals surface area (Å²) in [6, 6.07) is 6.23. The van der Waals surface area contributed by atoms with Crippen LogP contribution in [-0.2, 0) is 6.42 Å². The molecule has 0 spiro atoms. The fourth-order valence-corrected chi connectivity index (χ4v) is 2.38. The summed E-state index contributed by atoms with van der Waals surface area (Å²) in [6.07, 6.45) is 5.31. The van der Waals surface area contributed by atoms with Crippen LogP contribution in [0.3, 0.4) is 0 Å². The highest BCUT2D eigenvalue weighted by molar-refractivity contribution is 5.44. The summed E-state index contributed by atoms with van der Waals surface area (Å²) in [5.74, 6) is 0.985. The molecule has 1 unspecified atom stereocenters. The van der Waals surface area contributed by atoms with Crippen molar-refractivity contribution in [2.45, 2.75) is 25.9 Å². The number of hydrogen-bond donors (Lipinski definition) is 1. The van der Waals surface area contributed by atoms with Crippen molar-refractivity contribution in [2.75, 3.05) is 0 Å². The number of aromatic nitrogens is 2. The number of rotatable bonds is 1. The summed E-state index contributed by atoms with van der Waals surface area (Å²) >= 11 is 0. The molecule has 82 valence electrons. The number of imidazole rings is 1. The van der Waals surface area contributed by atoms with E-state index >= 15 is 0 Å². The molecule has 1 N–H and O–H groups in total. The van der Waals surface area contributed by atoms with Crippen LogP contribution >= 0.6 is 0 Å². The number of hydrogen-bond acceptors (Lipinski definition) is 2. The Hall–Kier alpha value is -1.61. The van der Waals surface area contributed by atoms with Gasteiger partial charge >= 0.3 is 0 Å². The Balaban J connectivity index is 2.09. The fourth-order valence-electron chi connectivity index (χ4n) is 2.38. The highest BCUT2D eigenvalue weighted by atomic mass is 16.3. The van der Waals surface area contributed by atoms with Gasteiger partial charge in [0.1, 0.15) is 5.82 Å². The van der Waals surface area contributed by atoms with Crippen molar-refractivity contribution >= 4 is 0 Å². The highest BCUT2D eigenvalue weighted by Crippen LogP contribution is 2.32. The van der Waals surface area contributed by atoms with E-state index < -0.39 is 0 Å². The van der Waals surface area contributed by atoms with E-state index in [9.17, 15) is 5.11 Å². The number of fused-ring (bicyclic) bond motifs is 1. The van der Waals surface area contributed by atoms with E-state index in [0.717, 1.165) is 29.9 Å². The second kappa shape index (κ2) is 3.46. The van der Waals surface area contributed by atoms with Gasteiger partial charge in [-0.3, -0.25) is 0 Å². The maximum atomic E-state index is 9.74. The van der Waals surface area contributed by atoms with Crippen LogP contribution in [0.1, 0.15) is 29.5 Å². The summed E-state index contributed by atoms with van der Waals surface area (Å²) < 4.78 is 2.06. The van der Waals surface area contributed by atoms with Gasteiger partial charge in [0.05, 0.1) is 6.10 Å². The molecule has 1 aromatic carbocycles. The van der Waals surface area contributed by atoms with Crippen LogP contribution < -0.4 is 0 Å². The maximum absolute atomic E-state index is 9.74. The second-order valence-corrected chi connectivity index (χ2v) is 4.28. The van der Waals surface area contributed by atoms with Crippen molar-refractivity contribution in [3.63, 3.8) is 0 Å². The van der Waals surface area contributed by atoms with E-state index in [1.54, 1.807) is 6.20 Å². The Morgan fingerprint density at radius 3 is 3.06 bits per heavy atom. The Labute approximate surface area is 94.4 Å². The summed E-state index contributed by atoms with van der Waals surface area (Å²) in [5, 5.41) is 9.74. The minimum absolute atomic E-state index is 0.270. The average molecular weight is 214 g/mol. The third-order valence-corrected chi connectivity index (χ3v) is 3.28. The maximum Gasteiger partial charge on any atom is 0.110 e. The lowest BCUT2D eigenvalue weighted by molar-refractivity contribution is 0.180. The van der Waals surface area contributed by atoms with E-state index in [1.165, 1.54) is 5.56 Å². The van der Waals surface area contributed by atoms with Crippen LogP contribution in [0.25, 0.3) is 5.69 Å². The summed E-state index contributed by atoms with van der Waals surface area (Å²) in [4.78, 5) is 4.22. The van der Waals surface area contributed by atoms with Gasteiger partial charge in [-0.2, -0.15) is 0 Å². The SMILES string of the molecule is Cc1nccn1-c1ccc2c(c1)CCC2O. The van der Waals surface area contributed by atoms with Crippen LogP contribution in [0, 0.1) is 6.92 Å². The minimum atomic E-state index is -0.270. The molecule has 0 aliphatic heterocycles. The zero-order valence-electron chi connectivity index (χ0n) is 9.22. The summed E-state index contributed by atoms with van der Waals surface area (Å²) in [5.41, 5.74) is 3.47. The van der Waals surface area contributed by atoms with E-state index in [1.807, 2.05) is 25.3 Å². The first kappa shape index (κ1) is 9.60. The Bertz CT molecular complexity index is 530. The largest absolute Gasteiger partial charge is 0.388 e. The predicted molar refractivity (Wildman–Crippen MR) is 61.6 cm³/mol. The quantitative estimate of drug-likeness (QED) is 0.790. The van der Waals surface area contributed by atoms with E-state index in [0.29, 0.717) is 0 Å². The zero-order chi connectivity index (χ0) is 11.1. The molecule has 0 bridgehead atoms. The first-order valence-electron chi connectivity index (χ1n) is 5.57. The highest BCUT2D eigenvalue weighted by Gasteiger charge is 2.20.